The molecule has 23 heavy (non-hydrogen) atoms. The second-order valence-corrected chi connectivity index (χ2v) is 7.04. The summed E-state index contributed by atoms with van der Waals surface area (Å²) < 4.78 is 0. The van der Waals surface area contributed by atoms with E-state index in [1.807, 2.05) is 12.4 Å². The highest BCUT2D eigenvalue weighted by Crippen LogP contribution is 2.43. The summed E-state index contributed by atoms with van der Waals surface area (Å²) in [5, 5.41) is 8.77. The molecule has 0 spiro atoms. The molecule has 2 atom stereocenters. The standard InChI is InChI=1S/C18H28N4O/c1-13-12-20-17-14(7-9-19-17)16(13)18(2)8-5-6-15(22(18)4)21(3)10-11-23/h7,9,12,15,23H,5-6,8,10-11H2,1-4H3,(H,19,20)/p+1. The summed E-state index contributed by atoms with van der Waals surface area (Å²) in [6.45, 7) is 5.81. The summed E-state index contributed by atoms with van der Waals surface area (Å²) in [5.41, 5.74) is 3.62. The molecule has 1 fully saturated rings. The highest BCUT2D eigenvalue weighted by molar-refractivity contribution is 5.81. The number of hydrogen-bond acceptors (Lipinski definition) is 3. The molecule has 0 bridgehead atoms. The van der Waals surface area contributed by atoms with Crippen molar-refractivity contribution in [3.63, 3.8) is 0 Å². The van der Waals surface area contributed by atoms with E-state index >= 15 is 0 Å². The van der Waals surface area contributed by atoms with Crippen molar-refractivity contribution in [3.05, 3.63) is 29.6 Å². The normalized spacial score (nSPS) is 26.3. The fourth-order valence-electron chi connectivity index (χ4n) is 4.29. The van der Waals surface area contributed by atoms with E-state index < -0.39 is 0 Å². The predicted octanol–water partition coefficient (Wildman–Crippen LogP) is 2.18. The maximum atomic E-state index is 7.53. The molecule has 1 saturated heterocycles. The van der Waals surface area contributed by atoms with Crippen molar-refractivity contribution in [3.8, 4) is 0 Å². The van der Waals surface area contributed by atoms with Crippen LogP contribution in [0.15, 0.2) is 18.5 Å². The zero-order valence-electron chi connectivity index (χ0n) is 14.7. The number of nitrogens with zero attached hydrogens (tertiary/aromatic N) is 3. The molecule has 0 aromatic carbocycles. The smallest absolute Gasteiger partial charge is 0.156 e. The number of aromatic nitrogens is 2. The molecule has 0 aliphatic carbocycles. The minimum Gasteiger partial charge on any atom is -0.444 e. The highest BCUT2D eigenvalue weighted by atomic mass is 16.3. The van der Waals surface area contributed by atoms with Gasteiger partial charge in [-0.25, -0.2) is 4.98 Å². The van der Waals surface area contributed by atoms with Crippen molar-refractivity contribution in [1.82, 2.24) is 19.8 Å². The summed E-state index contributed by atoms with van der Waals surface area (Å²) in [6.07, 6.45) is 7.89. The molecule has 2 aromatic rings. The quantitative estimate of drug-likeness (QED) is 0.879. The van der Waals surface area contributed by atoms with Crippen LogP contribution >= 0.6 is 0 Å². The van der Waals surface area contributed by atoms with Crippen LogP contribution in [0, 0.1) is 6.92 Å². The number of hydrogen-bond donors (Lipinski definition) is 1. The second-order valence-electron chi connectivity index (χ2n) is 7.04. The molecule has 0 amide bonds. The molecule has 0 radical (unpaired) electrons. The Hall–Kier alpha value is -1.43. The van der Waals surface area contributed by atoms with Gasteiger partial charge in [0.1, 0.15) is 5.65 Å². The van der Waals surface area contributed by atoms with Crippen molar-refractivity contribution < 1.29 is 5.11 Å². The lowest BCUT2D eigenvalue weighted by molar-refractivity contribution is -0.0441. The fraction of sp³-hybridized carbons (Fsp3) is 0.611. The molecular formula is C18H29N4O+. The van der Waals surface area contributed by atoms with Crippen molar-refractivity contribution in [1.29, 1.82) is 0 Å². The number of aryl methyl sites for hydroxylation is 1. The first-order chi connectivity index (χ1) is 11.0. The Kier molecular flexibility index (Phi) is 4.45. The molecule has 3 heterocycles. The van der Waals surface area contributed by atoms with Crippen LogP contribution in [0.4, 0.5) is 0 Å². The summed E-state index contributed by atoms with van der Waals surface area (Å²) in [7, 11) is 4.38. The number of nitrogens with one attached hydrogen (secondary N) is 1. The van der Waals surface area contributed by atoms with E-state index in [-0.39, 0.29) is 5.54 Å². The summed E-state index contributed by atoms with van der Waals surface area (Å²) in [4.78, 5) is 12.6. The number of fused-ring (bicyclic) bond motifs is 1. The first kappa shape index (κ1) is 16.4. The van der Waals surface area contributed by atoms with Crippen LogP contribution in [-0.4, -0.2) is 58.3 Å². The third-order valence-electron chi connectivity index (χ3n) is 5.64. The lowest BCUT2D eigenvalue weighted by Crippen LogP contribution is -2.57. The maximum Gasteiger partial charge on any atom is 0.156 e. The minimum atomic E-state index is -0.00727. The SMILES string of the molecule is Cc1cnc2[nH]ccc2c1C1(C)CCCC(N(C)CC[OH2+])N1C. The van der Waals surface area contributed by atoms with Gasteiger partial charge in [-0.15, -0.1) is 0 Å². The van der Waals surface area contributed by atoms with Crippen molar-refractivity contribution in [2.24, 2.45) is 0 Å². The van der Waals surface area contributed by atoms with E-state index in [9.17, 15) is 0 Å². The molecule has 5 nitrogen and oxygen atoms in total. The van der Waals surface area contributed by atoms with Crippen LogP contribution < -0.4 is 0 Å². The summed E-state index contributed by atoms with van der Waals surface area (Å²) in [6, 6.07) is 2.15. The first-order valence-electron chi connectivity index (χ1n) is 8.50. The third-order valence-corrected chi connectivity index (χ3v) is 5.64. The summed E-state index contributed by atoms with van der Waals surface area (Å²) >= 11 is 0. The first-order valence-corrected chi connectivity index (χ1v) is 8.50. The Bertz CT molecular complexity index is 683. The van der Waals surface area contributed by atoms with Crippen molar-refractivity contribution in [2.75, 3.05) is 27.2 Å². The molecule has 5 heteroatoms. The van der Waals surface area contributed by atoms with E-state index in [0.29, 0.717) is 12.8 Å². The molecule has 1 aliphatic rings. The van der Waals surface area contributed by atoms with Gasteiger partial charge in [-0.05, 0) is 64.4 Å². The Morgan fingerprint density at radius 3 is 3.04 bits per heavy atom. The predicted molar refractivity (Wildman–Crippen MR) is 94.7 cm³/mol. The zero-order chi connectivity index (χ0) is 16.6. The number of pyridine rings is 1. The Labute approximate surface area is 138 Å². The molecule has 3 rings (SSSR count). The number of piperidine rings is 1. The average molecular weight is 317 g/mol. The van der Waals surface area contributed by atoms with Crippen LogP contribution in [0.3, 0.4) is 0 Å². The van der Waals surface area contributed by atoms with E-state index in [0.717, 1.165) is 18.6 Å². The van der Waals surface area contributed by atoms with Gasteiger partial charge < -0.3 is 10.1 Å². The lowest BCUT2D eigenvalue weighted by atomic mass is 9.78. The van der Waals surface area contributed by atoms with Crippen LogP contribution in [-0.2, 0) is 5.54 Å². The Morgan fingerprint density at radius 1 is 1.52 bits per heavy atom. The minimum absolute atomic E-state index is 0.00727. The van der Waals surface area contributed by atoms with Gasteiger partial charge in [0.15, 0.2) is 6.61 Å². The van der Waals surface area contributed by atoms with Gasteiger partial charge in [0.05, 0.1) is 12.7 Å². The number of aromatic amines is 1. The fourth-order valence-corrected chi connectivity index (χ4v) is 4.29. The van der Waals surface area contributed by atoms with Gasteiger partial charge in [0.25, 0.3) is 0 Å². The van der Waals surface area contributed by atoms with Gasteiger partial charge in [-0.1, -0.05) is 0 Å². The molecule has 1 aliphatic heterocycles. The van der Waals surface area contributed by atoms with E-state index in [1.165, 1.54) is 29.4 Å². The van der Waals surface area contributed by atoms with E-state index in [4.69, 9.17) is 5.11 Å². The monoisotopic (exact) mass is 317 g/mol. The molecule has 2 unspecified atom stereocenters. The van der Waals surface area contributed by atoms with Crippen molar-refractivity contribution >= 4 is 11.0 Å². The van der Waals surface area contributed by atoms with Crippen molar-refractivity contribution in [2.45, 2.75) is 44.8 Å². The van der Waals surface area contributed by atoms with Gasteiger partial charge in [0.2, 0.25) is 0 Å². The molecule has 3 N–H and O–H groups in total. The van der Waals surface area contributed by atoms with Crippen LogP contribution in [0.1, 0.15) is 37.3 Å². The molecular weight excluding hydrogens is 288 g/mol. The number of H-pyrrole nitrogens is 1. The van der Waals surface area contributed by atoms with Gasteiger partial charge in [-0.3, -0.25) is 9.80 Å². The van der Waals surface area contributed by atoms with Crippen LogP contribution in [0.25, 0.3) is 11.0 Å². The number of rotatable bonds is 4. The van der Waals surface area contributed by atoms with Gasteiger partial charge in [-0.2, -0.15) is 0 Å². The topological polar surface area (TPSA) is 58.1 Å². The van der Waals surface area contributed by atoms with Crippen LogP contribution in [0.5, 0.6) is 0 Å². The zero-order valence-corrected chi connectivity index (χ0v) is 14.7. The van der Waals surface area contributed by atoms with Gasteiger partial charge >= 0.3 is 0 Å². The van der Waals surface area contributed by atoms with E-state index in [2.05, 4.69) is 53.8 Å². The molecule has 0 saturated carbocycles. The lowest BCUT2D eigenvalue weighted by Gasteiger charge is -2.51. The third kappa shape index (κ3) is 2.67. The van der Waals surface area contributed by atoms with Gasteiger partial charge in [0, 0.05) is 23.3 Å². The second kappa shape index (κ2) is 6.23. The average Bonchev–Trinajstić information content (AvgIpc) is 2.98. The molecule has 126 valence electrons. The largest absolute Gasteiger partial charge is 0.444 e. The van der Waals surface area contributed by atoms with E-state index in [1.54, 1.807) is 0 Å². The maximum absolute atomic E-state index is 7.53. The Morgan fingerprint density at radius 2 is 2.30 bits per heavy atom. The van der Waals surface area contributed by atoms with Crippen LogP contribution in [0.2, 0.25) is 0 Å². The number of likely N-dealkylation sites (tertiary alicyclic amines) is 1. The Balaban J connectivity index is 2.05. The molecule has 2 aromatic heterocycles. The number of likely N-dealkylation sites (N-methyl/N-ethyl adjacent to an activating group) is 1. The highest BCUT2D eigenvalue weighted by Gasteiger charge is 2.42. The summed E-state index contributed by atoms with van der Waals surface area (Å²) in [5.74, 6) is 0.